The molecular formula is C33H47ClN4O4. The van der Waals surface area contributed by atoms with Crippen LogP contribution in [0.15, 0.2) is 36.7 Å². The summed E-state index contributed by atoms with van der Waals surface area (Å²) in [5.41, 5.74) is 2.10. The van der Waals surface area contributed by atoms with Gasteiger partial charge in [-0.05, 0) is 87.9 Å². The summed E-state index contributed by atoms with van der Waals surface area (Å²) in [5, 5.41) is 28.0. The minimum Gasteiger partial charge on any atom is -0.465 e. The standard InChI is InChI=1S/C33H47ClN4O4/c1-22(2)25-7-4-8-26(17-25)30-28(19-36-20-29(30)34)33(42,14-6-15-37-32(40)41)27-9-5-16-38(21-27)31(39)24-12-10-23(11-13-24)18-35-3/h4,7-8,17,19-20,22-24,27,35,37,42H,5-6,9-16,18,21H2,1-3H3,(H,40,41)/t23?,24?,27-,33+/m1/s1. The van der Waals surface area contributed by atoms with Crippen molar-refractivity contribution in [1.29, 1.82) is 0 Å². The molecule has 2 fully saturated rings. The third kappa shape index (κ3) is 7.63. The van der Waals surface area contributed by atoms with Gasteiger partial charge in [0.15, 0.2) is 0 Å². The lowest BCUT2D eigenvalue weighted by atomic mass is 9.72. The molecule has 4 rings (SSSR count). The van der Waals surface area contributed by atoms with E-state index in [1.807, 2.05) is 24.1 Å². The van der Waals surface area contributed by atoms with Crippen molar-refractivity contribution in [2.75, 3.05) is 33.2 Å². The van der Waals surface area contributed by atoms with Gasteiger partial charge in [0, 0.05) is 55.0 Å². The highest BCUT2D eigenvalue weighted by Crippen LogP contribution is 2.46. The monoisotopic (exact) mass is 598 g/mol. The van der Waals surface area contributed by atoms with Crippen LogP contribution in [-0.4, -0.2) is 65.3 Å². The van der Waals surface area contributed by atoms with Gasteiger partial charge >= 0.3 is 6.09 Å². The first-order valence-electron chi connectivity index (χ1n) is 15.5. The average Bonchev–Trinajstić information content (AvgIpc) is 2.99. The lowest BCUT2D eigenvalue weighted by Gasteiger charge is -2.44. The van der Waals surface area contributed by atoms with Gasteiger partial charge in [-0.3, -0.25) is 9.78 Å². The molecular weight excluding hydrogens is 552 g/mol. The molecule has 0 spiro atoms. The highest BCUT2D eigenvalue weighted by atomic mass is 35.5. The molecule has 4 N–H and O–H groups in total. The van der Waals surface area contributed by atoms with Crippen LogP contribution in [0.2, 0.25) is 5.02 Å². The predicted molar refractivity (Wildman–Crippen MR) is 167 cm³/mol. The van der Waals surface area contributed by atoms with Gasteiger partial charge in [-0.25, -0.2) is 4.79 Å². The number of amides is 2. The van der Waals surface area contributed by atoms with Crippen molar-refractivity contribution in [3.05, 3.63) is 52.8 Å². The third-order valence-electron chi connectivity index (χ3n) is 9.32. The minimum absolute atomic E-state index is 0.0342. The molecule has 0 radical (unpaired) electrons. The van der Waals surface area contributed by atoms with Gasteiger partial charge in [-0.15, -0.1) is 0 Å². The Hall–Kier alpha value is -2.68. The quantitative estimate of drug-likeness (QED) is 0.235. The van der Waals surface area contributed by atoms with Gasteiger partial charge in [0.1, 0.15) is 0 Å². The van der Waals surface area contributed by atoms with E-state index in [2.05, 4.69) is 41.6 Å². The Morgan fingerprint density at radius 3 is 2.62 bits per heavy atom. The van der Waals surface area contributed by atoms with E-state index >= 15 is 0 Å². The van der Waals surface area contributed by atoms with E-state index in [1.54, 1.807) is 12.4 Å². The van der Waals surface area contributed by atoms with E-state index in [1.165, 1.54) is 5.56 Å². The zero-order chi connectivity index (χ0) is 30.3. The van der Waals surface area contributed by atoms with E-state index in [0.29, 0.717) is 48.4 Å². The number of piperidine rings is 1. The van der Waals surface area contributed by atoms with Crippen LogP contribution >= 0.6 is 11.6 Å². The molecule has 1 saturated carbocycles. The number of carboxylic acid groups (broad SMARTS) is 1. The van der Waals surface area contributed by atoms with E-state index in [9.17, 15) is 14.7 Å². The number of aliphatic hydroxyl groups is 1. The zero-order valence-electron chi connectivity index (χ0n) is 25.2. The molecule has 2 aromatic rings. The van der Waals surface area contributed by atoms with Gasteiger partial charge in [-0.1, -0.05) is 49.7 Å². The van der Waals surface area contributed by atoms with Gasteiger partial charge in [-0.2, -0.15) is 0 Å². The van der Waals surface area contributed by atoms with Crippen LogP contribution in [0.25, 0.3) is 11.1 Å². The topological polar surface area (TPSA) is 115 Å². The highest BCUT2D eigenvalue weighted by Gasteiger charge is 2.44. The second kappa shape index (κ2) is 14.7. The summed E-state index contributed by atoms with van der Waals surface area (Å²) in [6, 6.07) is 8.21. The van der Waals surface area contributed by atoms with Crippen molar-refractivity contribution in [2.24, 2.45) is 17.8 Å². The molecule has 230 valence electrons. The van der Waals surface area contributed by atoms with Crippen LogP contribution in [0, 0.1) is 17.8 Å². The normalized spacial score (nSPS) is 22.5. The number of carbonyl (C=O) groups excluding carboxylic acids is 1. The molecule has 1 aliphatic heterocycles. The van der Waals surface area contributed by atoms with Crippen molar-refractivity contribution in [2.45, 2.75) is 76.7 Å². The van der Waals surface area contributed by atoms with Crippen molar-refractivity contribution < 1.29 is 19.8 Å². The van der Waals surface area contributed by atoms with Crippen LogP contribution in [-0.2, 0) is 10.4 Å². The Labute approximate surface area is 255 Å². The van der Waals surface area contributed by atoms with Crippen molar-refractivity contribution >= 4 is 23.6 Å². The molecule has 42 heavy (non-hydrogen) atoms. The number of halogens is 1. The summed E-state index contributed by atoms with van der Waals surface area (Å²) in [4.78, 5) is 31.2. The Morgan fingerprint density at radius 1 is 1.17 bits per heavy atom. The zero-order valence-corrected chi connectivity index (χ0v) is 26.0. The Bertz CT molecular complexity index is 1220. The van der Waals surface area contributed by atoms with Gasteiger partial charge in [0.2, 0.25) is 5.91 Å². The van der Waals surface area contributed by atoms with E-state index < -0.39 is 11.7 Å². The molecule has 1 aromatic carbocycles. The molecule has 0 bridgehead atoms. The lowest BCUT2D eigenvalue weighted by Crippen LogP contribution is -2.50. The SMILES string of the molecule is CNCC1CCC(C(=O)N2CCC[C@@H]([C@@](O)(CCCNC(=O)O)c3cncc(Cl)c3-c3cccc(C(C)C)c3)C2)CC1. The van der Waals surface area contributed by atoms with Crippen LogP contribution in [0.5, 0.6) is 0 Å². The summed E-state index contributed by atoms with van der Waals surface area (Å²) in [6.45, 7) is 6.64. The third-order valence-corrected chi connectivity index (χ3v) is 9.60. The Kier molecular flexibility index (Phi) is 11.3. The maximum absolute atomic E-state index is 13.7. The summed E-state index contributed by atoms with van der Waals surface area (Å²) in [7, 11) is 1.98. The maximum atomic E-state index is 13.7. The molecule has 2 heterocycles. The van der Waals surface area contributed by atoms with Crippen molar-refractivity contribution in [3.8, 4) is 11.1 Å². The molecule has 2 amide bonds. The van der Waals surface area contributed by atoms with Gasteiger partial charge in [0.25, 0.3) is 0 Å². The van der Waals surface area contributed by atoms with Crippen LogP contribution < -0.4 is 10.6 Å². The summed E-state index contributed by atoms with van der Waals surface area (Å²) >= 11 is 6.83. The first-order chi connectivity index (χ1) is 20.1. The van der Waals surface area contributed by atoms with E-state index in [4.69, 9.17) is 16.7 Å². The smallest absolute Gasteiger partial charge is 0.404 e. The number of rotatable bonds is 11. The molecule has 2 atom stereocenters. The molecule has 9 heteroatoms. The number of nitrogens with one attached hydrogen (secondary N) is 2. The second-order valence-electron chi connectivity index (χ2n) is 12.5. The van der Waals surface area contributed by atoms with Crippen molar-refractivity contribution in [1.82, 2.24) is 20.5 Å². The largest absolute Gasteiger partial charge is 0.465 e. The van der Waals surface area contributed by atoms with Crippen LogP contribution in [0.3, 0.4) is 0 Å². The number of hydrogen-bond acceptors (Lipinski definition) is 5. The number of pyridine rings is 1. The first-order valence-corrected chi connectivity index (χ1v) is 15.9. The van der Waals surface area contributed by atoms with Crippen molar-refractivity contribution in [3.63, 3.8) is 0 Å². The molecule has 1 saturated heterocycles. The number of hydrogen-bond donors (Lipinski definition) is 4. The van der Waals surface area contributed by atoms with Gasteiger partial charge in [0.05, 0.1) is 10.6 Å². The number of nitrogens with zero attached hydrogens (tertiary/aromatic N) is 2. The predicted octanol–water partition coefficient (Wildman–Crippen LogP) is 6.03. The Morgan fingerprint density at radius 2 is 1.93 bits per heavy atom. The second-order valence-corrected chi connectivity index (χ2v) is 12.9. The summed E-state index contributed by atoms with van der Waals surface area (Å²) < 4.78 is 0. The summed E-state index contributed by atoms with van der Waals surface area (Å²) in [6.07, 6.45) is 8.45. The Balaban J connectivity index is 1.65. The molecule has 1 aliphatic carbocycles. The molecule has 1 aromatic heterocycles. The van der Waals surface area contributed by atoms with E-state index in [0.717, 1.165) is 56.2 Å². The number of carbonyl (C=O) groups is 2. The minimum atomic E-state index is -1.36. The number of likely N-dealkylation sites (tertiary alicyclic amines) is 1. The molecule has 0 unspecified atom stereocenters. The maximum Gasteiger partial charge on any atom is 0.404 e. The average molecular weight is 599 g/mol. The molecule has 2 aliphatic rings. The molecule has 8 nitrogen and oxygen atoms in total. The number of benzene rings is 1. The van der Waals surface area contributed by atoms with Gasteiger partial charge < -0.3 is 25.7 Å². The van der Waals surface area contributed by atoms with E-state index in [-0.39, 0.29) is 24.3 Å². The number of aromatic nitrogens is 1. The summed E-state index contributed by atoms with van der Waals surface area (Å²) in [5.74, 6) is 0.938. The fourth-order valence-corrected chi connectivity index (χ4v) is 7.22. The first kappa shape index (κ1) is 32.2. The van der Waals surface area contributed by atoms with Crippen LogP contribution in [0.4, 0.5) is 4.79 Å². The van der Waals surface area contributed by atoms with Crippen LogP contribution in [0.1, 0.15) is 82.3 Å². The fraction of sp³-hybridized carbons (Fsp3) is 0.606. The lowest BCUT2D eigenvalue weighted by molar-refractivity contribution is -0.142. The highest BCUT2D eigenvalue weighted by molar-refractivity contribution is 6.33. The fourth-order valence-electron chi connectivity index (χ4n) is 6.95.